The second-order valence-electron chi connectivity index (χ2n) is 19.6. The Kier molecular flexibility index (Phi) is 42.7. The van der Waals surface area contributed by atoms with Gasteiger partial charge in [0.05, 0.1) is 5.60 Å². The third-order valence-electron chi connectivity index (χ3n) is 14.4. The largest absolute Gasteiger partial charge is 0.332 e. The van der Waals surface area contributed by atoms with Crippen molar-refractivity contribution in [3.05, 3.63) is 0 Å². The fourth-order valence-corrected chi connectivity index (χ4v) is 14.3. The summed E-state index contributed by atoms with van der Waals surface area (Å²) in [4.78, 5) is 0. The number of thiol groups is 1. The van der Waals surface area contributed by atoms with Gasteiger partial charge in [-0.25, -0.2) is 0 Å². The fraction of sp³-hybridized carbons (Fsp3) is 1.00. The first-order valence-corrected chi connectivity index (χ1v) is 31.4. The molecule has 1 atom stereocenters. The van der Waals surface area contributed by atoms with Gasteiger partial charge in [-0.15, -0.1) is 12.2 Å². The van der Waals surface area contributed by atoms with Gasteiger partial charge < -0.3 is 4.52 Å². The molecule has 0 bridgehead atoms. The van der Waals surface area contributed by atoms with E-state index in [2.05, 4.69) is 39.1 Å². The minimum atomic E-state index is -0.730. The molecule has 1 saturated heterocycles. The molecule has 0 amide bonds. The van der Waals surface area contributed by atoms with E-state index in [-0.39, 0.29) is 5.60 Å². The van der Waals surface area contributed by atoms with E-state index < -0.39 is 6.55 Å². The molecule has 0 aromatic heterocycles. The van der Waals surface area contributed by atoms with Gasteiger partial charge in [-0.3, -0.25) is 0 Å². The summed E-state index contributed by atoms with van der Waals surface area (Å²) in [5.41, 5.74) is 0.358. The van der Waals surface area contributed by atoms with Gasteiger partial charge in [-0.05, 0) is 43.9 Å². The Morgan fingerprint density at radius 2 is 0.621 bits per heavy atom. The molecule has 0 aromatic carbocycles. The highest BCUT2D eigenvalue weighted by molar-refractivity contribution is 8.82. The first kappa shape index (κ1) is 57.1. The summed E-state index contributed by atoms with van der Waals surface area (Å²) < 4.78 is 7.72. The molecular formula is C54H109OPS2. The minimum absolute atomic E-state index is 0.0245. The average molecular weight is 870 g/mol. The van der Waals surface area contributed by atoms with Gasteiger partial charge in [-0.2, -0.15) is 0 Å². The lowest BCUT2D eigenvalue weighted by molar-refractivity contribution is -0.0874. The molecule has 1 aliphatic rings. The molecule has 0 N–H and O–H groups in total. The van der Waals surface area contributed by atoms with Gasteiger partial charge >= 0.3 is 0 Å². The van der Waals surface area contributed by atoms with E-state index in [9.17, 15) is 0 Å². The second-order valence-corrected chi connectivity index (χ2v) is 24.6. The summed E-state index contributed by atoms with van der Waals surface area (Å²) in [5.74, 6) is 1.24. The van der Waals surface area contributed by atoms with E-state index in [1.165, 1.54) is 308 Å². The van der Waals surface area contributed by atoms with Crippen LogP contribution < -0.4 is 0 Å². The molecule has 1 fully saturated rings. The zero-order valence-corrected chi connectivity index (χ0v) is 43.3. The molecule has 348 valence electrons. The van der Waals surface area contributed by atoms with Crippen LogP contribution in [0.25, 0.3) is 0 Å². The van der Waals surface area contributed by atoms with Crippen LogP contribution in [0.1, 0.15) is 329 Å². The van der Waals surface area contributed by atoms with Crippen LogP contribution in [0.15, 0.2) is 0 Å². The van der Waals surface area contributed by atoms with Crippen LogP contribution >= 0.6 is 30.2 Å². The number of rotatable bonds is 44. The van der Waals surface area contributed by atoms with Crippen molar-refractivity contribution in [1.29, 1.82) is 0 Å². The summed E-state index contributed by atoms with van der Waals surface area (Å²) in [7, 11) is 0. The smallest absolute Gasteiger partial charge is 0.149 e. The minimum Gasteiger partial charge on any atom is -0.332 e. The Balaban J connectivity index is 3.13. The predicted octanol–water partition coefficient (Wildman–Crippen LogP) is 22.0. The molecule has 1 nitrogen and oxygen atoms in total. The number of unbranched alkanes of at least 4 members (excludes halogenated alkanes) is 36. The SMILES string of the molecule is CCCCCCCCCCCCC1(CCCCCCCCCCCC)CCCCSP(S)OC1(CCCCCCCCCCCC)CCCCCCCCCCCC. The lowest BCUT2D eigenvalue weighted by Crippen LogP contribution is -2.49. The highest BCUT2D eigenvalue weighted by Crippen LogP contribution is 2.65. The molecule has 0 radical (unpaired) electrons. The molecule has 0 spiro atoms. The average Bonchev–Trinajstić information content (AvgIpc) is 3.28. The van der Waals surface area contributed by atoms with Crippen LogP contribution in [0, 0.1) is 5.41 Å². The maximum absolute atomic E-state index is 7.72. The van der Waals surface area contributed by atoms with Crippen LogP contribution in [0.2, 0.25) is 0 Å². The van der Waals surface area contributed by atoms with Crippen molar-refractivity contribution in [3.8, 4) is 0 Å². The Morgan fingerprint density at radius 3 is 0.914 bits per heavy atom. The molecule has 0 saturated carbocycles. The van der Waals surface area contributed by atoms with E-state index >= 15 is 0 Å². The van der Waals surface area contributed by atoms with Crippen LogP contribution in [0.3, 0.4) is 0 Å². The maximum atomic E-state index is 7.72. The Bertz CT molecular complexity index is 758. The van der Waals surface area contributed by atoms with Gasteiger partial charge in [0.1, 0.15) is 6.55 Å². The van der Waals surface area contributed by atoms with E-state index in [0.29, 0.717) is 5.41 Å². The molecule has 1 rings (SSSR count). The van der Waals surface area contributed by atoms with Crippen molar-refractivity contribution >= 4 is 30.2 Å². The van der Waals surface area contributed by atoms with Crippen molar-refractivity contribution in [2.75, 3.05) is 5.75 Å². The first-order chi connectivity index (χ1) is 28.6. The maximum Gasteiger partial charge on any atom is 0.149 e. The van der Waals surface area contributed by atoms with Crippen molar-refractivity contribution in [1.82, 2.24) is 0 Å². The molecule has 0 aromatic rings. The summed E-state index contributed by atoms with van der Waals surface area (Å²) in [6.07, 6.45) is 66.8. The third kappa shape index (κ3) is 31.0. The van der Waals surface area contributed by atoms with Crippen LogP contribution in [0.4, 0.5) is 0 Å². The van der Waals surface area contributed by atoms with Crippen molar-refractivity contribution in [3.63, 3.8) is 0 Å². The predicted molar refractivity (Wildman–Crippen MR) is 274 cm³/mol. The third-order valence-corrected chi connectivity index (χ3v) is 18.3. The van der Waals surface area contributed by atoms with E-state index in [4.69, 9.17) is 16.8 Å². The molecule has 1 unspecified atom stereocenters. The highest BCUT2D eigenvalue weighted by Gasteiger charge is 2.51. The summed E-state index contributed by atoms with van der Waals surface area (Å²) in [5, 5.41) is 0. The highest BCUT2D eigenvalue weighted by atomic mass is 33.1. The van der Waals surface area contributed by atoms with E-state index in [1.54, 1.807) is 0 Å². The molecular weight excluding hydrogens is 760 g/mol. The second kappa shape index (κ2) is 43.3. The van der Waals surface area contributed by atoms with Crippen molar-refractivity contribution in [2.24, 2.45) is 5.41 Å². The standard InChI is InChI=1S/C54H109OPS2/c1-5-9-13-17-21-25-29-33-37-41-47-53(48-42-38-34-30-26-22-18-14-10-6-2)49-45-46-52-58-56(57)55-54(53,50-43-39-35-31-27-23-19-15-11-7-3)51-44-40-36-32-28-24-20-16-12-8-4/h57H,5-52H2,1-4H3. The molecule has 1 heterocycles. The zero-order chi connectivity index (χ0) is 41.9. The first-order valence-electron chi connectivity index (χ1n) is 27.4. The Labute approximate surface area is 379 Å². The van der Waals surface area contributed by atoms with Gasteiger partial charge in [0.2, 0.25) is 0 Å². The lowest BCUT2D eigenvalue weighted by Gasteiger charge is -2.52. The van der Waals surface area contributed by atoms with Gasteiger partial charge in [0.15, 0.2) is 0 Å². The monoisotopic (exact) mass is 869 g/mol. The van der Waals surface area contributed by atoms with Gasteiger partial charge in [-0.1, -0.05) is 302 Å². The van der Waals surface area contributed by atoms with Gasteiger partial charge in [0.25, 0.3) is 0 Å². The van der Waals surface area contributed by atoms with Crippen LogP contribution in [-0.2, 0) is 4.52 Å². The van der Waals surface area contributed by atoms with Crippen molar-refractivity contribution < 1.29 is 4.52 Å². The van der Waals surface area contributed by atoms with E-state index in [1.807, 2.05) is 0 Å². The normalized spacial score (nSPS) is 17.0. The molecule has 58 heavy (non-hydrogen) atoms. The van der Waals surface area contributed by atoms with Crippen molar-refractivity contribution in [2.45, 2.75) is 335 Å². The van der Waals surface area contributed by atoms with E-state index in [0.717, 1.165) is 0 Å². The van der Waals surface area contributed by atoms with Gasteiger partial charge in [0, 0.05) is 5.75 Å². The number of hydrogen-bond acceptors (Lipinski definition) is 3. The topological polar surface area (TPSA) is 9.23 Å². The zero-order valence-electron chi connectivity index (χ0n) is 40.7. The molecule has 0 aliphatic carbocycles. The van der Waals surface area contributed by atoms with Crippen LogP contribution in [-0.4, -0.2) is 11.4 Å². The lowest BCUT2D eigenvalue weighted by atomic mass is 9.59. The van der Waals surface area contributed by atoms with Crippen LogP contribution in [0.5, 0.6) is 0 Å². The summed E-state index contributed by atoms with van der Waals surface area (Å²) in [6, 6.07) is 0. The molecule has 4 heteroatoms. The fourth-order valence-electron chi connectivity index (χ4n) is 10.5. The molecule has 1 aliphatic heterocycles. The summed E-state index contributed by atoms with van der Waals surface area (Å²) in [6.45, 7) is 8.62. The Morgan fingerprint density at radius 1 is 0.362 bits per heavy atom. The quantitative estimate of drug-likeness (QED) is 0.0371. The Hall–Kier alpha value is 1.09. The number of hydrogen-bond donors (Lipinski definition) is 1. The summed E-state index contributed by atoms with van der Waals surface area (Å²) >= 11 is 7.41.